The smallest absolute Gasteiger partial charge is 0.172 e. The van der Waals surface area contributed by atoms with Crippen molar-refractivity contribution in [3.05, 3.63) is 66.7 Å². The molecular weight excluding hydrogens is 288 g/mol. The standard InChI is InChI=1S/C20H18O3/c1-22-17-13-16(14-9-5-3-6-10-14)19(21)20(23-2)18(17)15-11-7-4-8-12-15/h3-13,21H,1-2H3. The Labute approximate surface area is 135 Å². The number of rotatable bonds is 4. The normalized spacial score (nSPS) is 10.3. The summed E-state index contributed by atoms with van der Waals surface area (Å²) in [7, 11) is 3.17. The van der Waals surface area contributed by atoms with Gasteiger partial charge in [-0.1, -0.05) is 60.7 Å². The molecule has 1 N–H and O–H groups in total. The van der Waals surface area contributed by atoms with Gasteiger partial charge in [-0.15, -0.1) is 0 Å². The van der Waals surface area contributed by atoms with E-state index in [1.807, 2.05) is 66.7 Å². The van der Waals surface area contributed by atoms with Crippen LogP contribution in [0.3, 0.4) is 0 Å². The second kappa shape index (κ2) is 6.44. The Morgan fingerprint density at radius 2 is 1.30 bits per heavy atom. The highest BCUT2D eigenvalue weighted by Crippen LogP contribution is 2.49. The van der Waals surface area contributed by atoms with Crippen molar-refractivity contribution in [1.29, 1.82) is 0 Å². The first-order valence-corrected chi connectivity index (χ1v) is 7.35. The van der Waals surface area contributed by atoms with Gasteiger partial charge >= 0.3 is 0 Å². The fourth-order valence-corrected chi connectivity index (χ4v) is 2.70. The van der Waals surface area contributed by atoms with Crippen LogP contribution in [-0.4, -0.2) is 19.3 Å². The molecule has 3 aromatic carbocycles. The summed E-state index contributed by atoms with van der Waals surface area (Å²) in [5.74, 6) is 1.18. The largest absolute Gasteiger partial charge is 0.504 e. The quantitative estimate of drug-likeness (QED) is 0.756. The third-order valence-corrected chi connectivity index (χ3v) is 3.79. The van der Waals surface area contributed by atoms with Gasteiger partial charge in [0.1, 0.15) is 5.75 Å². The molecule has 0 spiro atoms. The second-order valence-corrected chi connectivity index (χ2v) is 5.12. The predicted molar refractivity (Wildman–Crippen MR) is 92.1 cm³/mol. The minimum Gasteiger partial charge on any atom is -0.504 e. The molecular formula is C20H18O3. The molecule has 23 heavy (non-hydrogen) atoms. The number of phenols is 1. The van der Waals surface area contributed by atoms with Crippen LogP contribution in [0.15, 0.2) is 66.7 Å². The van der Waals surface area contributed by atoms with E-state index in [1.165, 1.54) is 0 Å². The van der Waals surface area contributed by atoms with Gasteiger partial charge in [0.2, 0.25) is 0 Å². The molecule has 0 bridgehead atoms. The van der Waals surface area contributed by atoms with Crippen molar-refractivity contribution in [2.75, 3.05) is 14.2 Å². The number of ether oxygens (including phenoxy) is 2. The molecule has 0 aliphatic rings. The molecule has 0 aromatic heterocycles. The van der Waals surface area contributed by atoms with Crippen LogP contribution in [0, 0.1) is 0 Å². The van der Waals surface area contributed by atoms with E-state index < -0.39 is 0 Å². The molecule has 3 rings (SSSR count). The lowest BCUT2D eigenvalue weighted by Gasteiger charge is -2.18. The van der Waals surface area contributed by atoms with Crippen LogP contribution in [0.4, 0.5) is 0 Å². The van der Waals surface area contributed by atoms with E-state index in [0.717, 1.165) is 16.7 Å². The number of aromatic hydroxyl groups is 1. The topological polar surface area (TPSA) is 38.7 Å². The molecule has 3 heteroatoms. The Hall–Kier alpha value is -2.94. The van der Waals surface area contributed by atoms with Gasteiger partial charge in [-0.2, -0.15) is 0 Å². The van der Waals surface area contributed by atoms with Crippen LogP contribution in [0.2, 0.25) is 0 Å². The van der Waals surface area contributed by atoms with Crippen molar-refractivity contribution >= 4 is 0 Å². The summed E-state index contributed by atoms with van der Waals surface area (Å²) in [6.45, 7) is 0. The highest BCUT2D eigenvalue weighted by Gasteiger charge is 2.21. The molecule has 0 aliphatic heterocycles. The minimum absolute atomic E-state index is 0.110. The molecule has 0 heterocycles. The first-order chi connectivity index (χ1) is 11.3. The lowest BCUT2D eigenvalue weighted by atomic mass is 9.96. The van der Waals surface area contributed by atoms with Crippen molar-refractivity contribution in [3.8, 4) is 39.5 Å². The van der Waals surface area contributed by atoms with E-state index in [0.29, 0.717) is 17.1 Å². The van der Waals surface area contributed by atoms with Crippen molar-refractivity contribution in [1.82, 2.24) is 0 Å². The third kappa shape index (κ3) is 2.73. The molecule has 0 aliphatic carbocycles. The molecule has 0 saturated heterocycles. The van der Waals surface area contributed by atoms with Crippen LogP contribution in [0.1, 0.15) is 0 Å². The Morgan fingerprint density at radius 1 is 0.739 bits per heavy atom. The summed E-state index contributed by atoms with van der Waals surface area (Å²) in [5.41, 5.74) is 3.25. The van der Waals surface area contributed by atoms with E-state index in [4.69, 9.17) is 9.47 Å². The Balaban J connectivity index is 2.29. The molecule has 116 valence electrons. The second-order valence-electron chi connectivity index (χ2n) is 5.12. The number of benzene rings is 3. The number of methoxy groups -OCH3 is 2. The van der Waals surface area contributed by atoms with Gasteiger partial charge in [-0.25, -0.2) is 0 Å². The van der Waals surface area contributed by atoms with E-state index in [2.05, 4.69) is 0 Å². The average molecular weight is 306 g/mol. The summed E-state index contributed by atoms with van der Waals surface area (Å²) >= 11 is 0. The molecule has 0 unspecified atom stereocenters. The predicted octanol–water partition coefficient (Wildman–Crippen LogP) is 4.74. The average Bonchev–Trinajstić information content (AvgIpc) is 2.62. The van der Waals surface area contributed by atoms with Crippen LogP contribution in [-0.2, 0) is 0 Å². The molecule has 0 fully saturated rings. The molecule has 0 atom stereocenters. The fourth-order valence-electron chi connectivity index (χ4n) is 2.70. The minimum atomic E-state index is 0.110. The fraction of sp³-hybridized carbons (Fsp3) is 0.100. The summed E-state index contributed by atoms with van der Waals surface area (Å²) < 4.78 is 11.1. The number of hydrogen-bond acceptors (Lipinski definition) is 3. The van der Waals surface area contributed by atoms with Gasteiger partial charge in [0.15, 0.2) is 11.5 Å². The maximum atomic E-state index is 10.7. The van der Waals surface area contributed by atoms with E-state index in [1.54, 1.807) is 14.2 Å². The Morgan fingerprint density at radius 3 is 1.83 bits per heavy atom. The Bertz CT molecular complexity index is 796. The summed E-state index contributed by atoms with van der Waals surface area (Å²) in [6, 6.07) is 21.3. The maximum absolute atomic E-state index is 10.7. The monoisotopic (exact) mass is 306 g/mol. The van der Waals surface area contributed by atoms with Gasteiger partial charge in [0, 0.05) is 5.56 Å². The molecule has 0 radical (unpaired) electrons. The van der Waals surface area contributed by atoms with Crippen LogP contribution in [0.5, 0.6) is 17.2 Å². The van der Waals surface area contributed by atoms with Crippen molar-refractivity contribution in [2.24, 2.45) is 0 Å². The van der Waals surface area contributed by atoms with Crippen molar-refractivity contribution in [3.63, 3.8) is 0 Å². The first kappa shape index (κ1) is 15.0. The van der Waals surface area contributed by atoms with Gasteiger partial charge in [-0.3, -0.25) is 0 Å². The Kier molecular flexibility index (Phi) is 4.20. The summed E-state index contributed by atoms with van der Waals surface area (Å²) in [4.78, 5) is 0. The summed E-state index contributed by atoms with van der Waals surface area (Å²) in [5, 5.41) is 10.7. The zero-order valence-electron chi connectivity index (χ0n) is 13.1. The summed E-state index contributed by atoms with van der Waals surface area (Å²) in [6.07, 6.45) is 0. The molecule has 3 nitrogen and oxygen atoms in total. The first-order valence-electron chi connectivity index (χ1n) is 7.35. The van der Waals surface area contributed by atoms with E-state index in [-0.39, 0.29) is 5.75 Å². The van der Waals surface area contributed by atoms with Gasteiger partial charge in [0.25, 0.3) is 0 Å². The van der Waals surface area contributed by atoms with Gasteiger partial charge < -0.3 is 14.6 Å². The van der Waals surface area contributed by atoms with Crippen molar-refractivity contribution < 1.29 is 14.6 Å². The molecule has 3 aromatic rings. The van der Waals surface area contributed by atoms with Crippen LogP contribution >= 0.6 is 0 Å². The number of phenolic OH excluding ortho intramolecular Hbond substituents is 1. The van der Waals surface area contributed by atoms with Gasteiger partial charge in [-0.05, 0) is 17.2 Å². The molecule has 0 saturated carbocycles. The highest BCUT2D eigenvalue weighted by atomic mass is 16.5. The SMILES string of the molecule is COc1cc(-c2ccccc2)c(O)c(OC)c1-c1ccccc1. The van der Waals surface area contributed by atoms with Gasteiger partial charge in [0.05, 0.1) is 19.8 Å². The lowest BCUT2D eigenvalue weighted by Crippen LogP contribution is -1.95. The molecule has 0 amide bonds. The van der Waals surface area contributed by atoms with Crippen LogP contribution < -0.4 is 9.47 Å². The third-order valence-electron chi connectivity index (χ3n) is 3.79. The van der Waals surface area contributed by atoms with E-state index >= 15 is 0 Å². The lowest BCUT2D eigenvalue weighted by molar-refractivity contribution is 0.368. The highest BCUT2D eigenvalue weighted by molar-refractivity contribution is 5.87. The van der Waals surface area contributed by atoms with Crippen LogP contribution in [0.25, 0.3) is 22.3 Å². The number of hydrogen-bond donors (Lipinski definition) is 1. The van der Waals surface area contributed by atoms with E-state index in [9.17, 15) is 5.11 Å². The maximum Gasteiger partial charge on any atom is 0.172 e. The van der Waals surface area contributed by atoms with Crippen molar-refractivity contribution in [2.45, 2.75) is 0 Å². The zero-order chi connectivity index (χ0) is 16.2. The zero-order valence-corrected chi connectivity index (χ0v) is 13.1.